The van der Waals surface area contributed by atoms with Gasteiger partial charge in [-0.2, -0.15) is 0 Å². The third kappa shape index (κ3) is 3.13. The van der Waals surface area contributed by atoms with Crippen molar-refractivity contribution in [2.45, 2.75) is 13.8 Å². The smallest absolute Gasteiger partial charge is 0.178 e. The first kappa shape index (κ1) is 16.9. The number of fused-ring (bicyclic) bond motifs is 1. The predicted octanol–water partition coefficient (Wildman–Crippen LogP) is 3.79. The number of nitrogens with zero attached hydrogens (tertiary/aromatic N) is 2. The SMILES string of the molecule is Cc1cccc(N2CCN(CC(=O)c3c[nH]c4ccccc34)CC2)c1C. The molecule has 0 atom stereocenters. The van der Waals surface area contributed by atoms with Crippen molar-refractivity contribution in [2.24, 2.45) is 0 Å². The molecule has 0 saturated carbocycles. The van der Waals surface area contributed by atoms with Crippen LogP contribution in [0.15, 0.2) is 48.7 Å². The third-order valence-electron chi connectivity index (χ3n) is 5.55. The number of carbonyl (C=O) groups is 1. The Morgan fingerprint density at radius 1 is 1.00 bits per heavy atom. The van der Waals surface area contributed by atoms with E-state index in [4.69, 9.17) is 0 Å². The molecule has 0 amide bonds. The van der Waals surface area contributed by atoms with Gasteiger partial charge in [0, 0.05) is 54.5 Å². The van der Waals surface area contributed by atoms with Gasteiger partial charge in [0.2, 0.25) is 0 Å². The summed E-state index contributed by atoms with van der Waals surface area (Å²) in [6.45, 7) is 8.61. The first-order chi connectivity index (χ1) is 12.6. The summed E-state index contributed by atoms with van der Waals surface area (Å²) in [7, 11) is 0. The van der Waals surface area contributed by atoms with Gasteiger partial charge in [0.15, 0.2) is 5.78 Å². The van der Waals surface area contributed by atoms with Gasteiger partial charge in [-0.05, 0) is 37.1 Å². The van der Waals surface area contributed by atoms with Crippen LogP contribution in [0.25, 0.3) is 10.9 Å². The number of para-hydroxylation sites is 1. The van der Waals surface area contributed by atoms with Gasteiger partial charge < -0.3 is 9.88 Å². The number of H-pyrrole nitrogens is 1. The first-order valence-electron chi connectivity index (χ1n) is 9.26. The highest BCUT2D eigenvalue weighted by atomic mass is 16.1. The average molecular weight is 347 g/mol. The molecule has 0 unspecified atom stereocenters. The molecule has 2 heterocycles. The molecule has 134 valence electrons. The molecule has 1 aromatic heterocycles. The number of piperazine rings is 1. The summed E-state index contributed by atoms with van der Waals surface area (Å²) in [5.41, 5.74) is 5.84. The van der Waals surface area contributed by atoms with Crippen molar-refractivity contribution in [3.05, 3.63) is 65.4 Å². The van der Waals surface area contributed by atoms with Gasteiger partial charge in [-0.1, -0.05) is 30.3 Å². The van der Waals surface area contributed by atoms with Crippen LogP contribution < -0.4 is 4.90 Å². The maximum absolute atomic E-state index is 12.8. The van der Waals surface area contributed by atoms with Crippen molar-refractivity contribution in [3.8, 4) is 0 Å². The lowest BCUT2D eigenvalue weighted by molar-refractivity contribution is 0.0928. The van der Waals surface area contributed by atoms with Gasteiger partial charge in [-0.3, -0.25) is 9.69 Å². The molecule has 1 aliphatic rings. The molecule has 4 heteroatoms. The number of rotatable bonds is 4. The van der Waals surface area contributed by atoms with Gasteiger partial charge in [-0.25, -0.2) is 0 Å². The standard InChI is InChI=1S/C22H25N3O/c1-16-6-5-9-21(17(16)2)25-12-10-24(11-13-25)15-22(26)19-14-23-20-8-4-3-7-18(19)20/h3-9,14,23H,10-13,15H2,1-2H3. The van der Waals surface area contributed by atoms with Crippen molar-refractivity contribution in [1.29, 1.82) is 0 Å². The Morgan fingerprint density at radius 2 is 1.77 bits per heavy atom. The Labute approximate surface area is 154 Å². The van der Waals surface area contributed by atoms with Crippen molar-refractivity contribution >= 4 is 22.4 Å². The minimum Gasteiger partial charge on any atom is -0.369 e. The molecule has 0 spiro atoms. The molecule has 1 fully saturated rings. The minimum absolute atomic E-state index is 0.197. The zero-order valence-corrected chi connectivity index (χ0v) is 15.5. The van der Waals surface area contributed by atoms with Crippen LogP contribution in [0.2, 0.25) is 0 Å². The number of ketones is 1. The van der Waals surface area contributed by atoms with E-state index in [1.165, 1.54) is 16.8 Å². The average Bonchev–Trinajstić information content (AvgIpc) is 3.09. The van der Waals surface area contributed by atoms with E-state index in [9.17, 15) is 4.79 Å². The number of aromatic amines is 1. The molecule has 4 rings (SSSR count). The van der Waals surface area contributed by atoms with Gasteiger partial charge in [0.25, 0.3) is 0 Å². The summed E-state index contributed by atoms with van der Waals surface area (Å²) in [6.07, 6.45) is 1.85. The van der Waals surface area contributed by atoms with E-state index < -0.39 is 0 Å². The van der Waals surface area contributed by atoms with E-state index >= 15 is 0 Å². The van der Waals surface area contributed by atoms with Crippen LogP contribution in [0, 0.1) is 13.8 Å². The molecule has 0 aliphatic carbocycles. The number of aryl methyl sites for hydroxylation is 1. The van der Waals surface area contributed by atoms with E-state index in [0.29, 0.717) is 6.54 Å². The number of nitrogens with one attached hydrogen (secondary N) is 1. The number of aromatic nitrogens is 1. The van der Waals surface area contributed by atoms with Crippen LogP contribution in [0.4, 0.5) is 5.69 Å². The summed E-state index contributed by atoms with van der Waals surface area (Å²) in [5.74, 6) is 0.197. The highest BCUT2D eigenvalue weighted by molar-refractivity contribution is 6.08. The fourth-order valence-electron chi connectivity index (χ4n) is 3.82. The number of hydrogen-bond donors (Lipinski definition) is 1. The summed E-state index contributed by atoms with van der Waals surface area (Å²) < 4.78 is 0. The van der Waals surface area contributed by atoms with E-state index in [1.54, 1.807) is 0 Å². The molecule has 2 aromatic carbocycles. The van der Waals surface area contributed by atoms with Crippen LogP contribution in [-0.2, 0) is 0 Å². The molecule has 0 bridgehead atoms. The highest BCUT2D eigenvalue weighted by Crippen LogP contribution is 2.24. The minimum atomic E-state index is 0.197. The monoisotopic (exact) mass is 347 g/mol. The van der Waals surface area contributed by atoms with Crippen LogP contribution in [0.3, 0.4) is 0 Å². The molecule has 3 aromatic rings. The predicted molar refractivity (Wildman–Crippen MR) is 107 cm³/mol. The second-order valence-electron chi connectivity index (χ2n) is 7.15. The zero-order valence-electron chi connectivity index (χ0n) is 15.5. The third-order valence-corrected chi connectivity index (χ3v) is 5.55. The summed E-state index contributed by atoms with van der Waals surface area (Å²) in [5, 5.41) is 1.02. The molecular weight excluding hydrogens is 322 g/mol. The molecule has 4 nitrogen and oxygen atoms in total. The van der Waals surface area contributed by atoms with Crippen molar-refractivity contribution in [1.82, 2.24) is 9.88 Å². The summed E-state index contributed by atoms with van der Waals surface area (Å²) >= 11 is 0. The largest absolute Gasteiger partial charge is 0.369 e. The Bertz CT molecular complexity index is 935. The quantitative estimate of drug-likeness (QED) is 0.730. The molecule has 0 radical (unpaired) electrons. The number of benzene rings is 2. The lowest BCUT2D eigenvalue weighted by Crippen LogP contribution is -2.48. The highest BCUT2D eigenvalue weighted by Gasteiger charge is 2.22. The lowest BCUT2D eigenvalue weighted by atomic mass is 10.1. The summed E-state index contributed by atoms with van der Waals surface area (Å²) in [6, 6.07) is 14.5. The zero-order chi connectivity index (χ0) is 18.1. The van der Waals surface area contributed by atoms with Gasteiger partial charge >= 0.3 is 0 Å². The number of anilines is 1. The second kappa shape index (κ2) is 6.96. The Morgan fingerprint density at radius 3 is 2.58 bits per heavy atom. The van der Waals surface area contributed by atoms with E-state index in [2.05, 4.69) is 46.8 Å². The summed E-state index contributed by atoms with van der Waals surface area (Å²) in [4.78, 5) is 20.7. The molecule has 1 saturated heterocycles. The van der Waals surface area contributed by atoms with Gasteiger partial charge in [0.05, 0.1) is 6.54 Å². The van der Waals surface area contributed by atoms with E-state index in [-0.39, 0.29) is 5.78 Å². The molecule has 26 heavy (non-hydrogen) atoms. The normalized spacial score (nSPS) is 15.5. The topological polar surface area (TPSA) is 39.3 Å². The fourth-order valence-corrected chi connectivity index (χ4v) is 3.82. The van der Waals surface area contributed by atoms with Crippen molar-refractivity contribution in [2.75, 3.05) is 37.6 Å². The maximum Gasteiger partial charge on any atom is 0.178 e. The molecule has 1 N–H and O–H groups in total. The number of hydrogen-bond acceptors (Lipinski definition) is 3. The Balaban J connectivity index is 1.41. The number of carbonyl (C=O) groups excluding carboxylic acids is 1. The lowest BCUT2D eigenvalue weighted by Gasteiger charge is -2.36. The van der Waals surface area contributed by atoms with E-state index in [0.717, 1.165) is 42.6 Å². The van der Waals surface area contributed by atoms with Crippen LogP contribution >= 0.6 is 0 Å². The van der Waals surface area contributed by atoms with Crippen molar-refractivity contribution < 1.29 is 4.79 Å². The fraction of sp³-hybridized carbons (Fsp3) is 0.318. The Hall–Kier alpha value is -2.59. The first-order valence-corrected chi connectivity index (χ1v) is 9.26. The van der Waals surface area contributed by atoms with Gasteiger partial charge in [0.1, 0.15) is 0 Å². The van der Waals surface area contributed by atoms with Crippen LogP contribution in [0.5, 0.6) is 0 Å². The van der Waals surface area contributed by atoms with Crippen LogP contribution in [0.1, 0.15) is 21.5 Å². The van der Waals surface area contributed by atoms with Crippen LogP contribution in [-0.4, -0.2) is 48.4 Å². The molecule has 1 aliphatic heterocycles. The second-order valence-corrected chi connectivity index (χ2v) is 7.15. The van der Waals surface area contributed by atoms with Crippen molar-refractivity contribution in [3.63, 3.8) is 0 Å². The number of Topliss-reactive ketones (excluding diaryl/α,β-unsaturated/α-hetero) is 1. The van der Waals surface area contributed by atoms with E-state index in [1.807, 2.05) is 30.5 Å². The molecular formula is C22H25N3O. The van der Waals surface area contributed by atoms with Gasteiger partial charge in [-0.15, -0.1) is 0 Å². The maximum atomic E-state index is 12.8. The Kier molecular flexibility index (Phi) is 4.51.